The number of ether oxygens (including phenoxy) is 1. The van der Waals surface area contributed by atoms with Gasteiger partial charge in [-0.1, -0.05) is 76.7 Å². The van der Waals surface area contributed by atoms with E-state index in [1.165, 1.54) is 16.7 Å². The van der Waals surface area contributed by atoms with Gasteiger partial charge < -0.3 is 10.5 Å². The molecule has 0 spiro atoms. The van der Waals surface area contributed by atoms with Gasteiger partial charge in [-0.3, -0.25) is 0 Å². The zero-order chi connectivity index (χ0) is 24.0. The van der Waals surface area contributed by atoms with Gasteiger partial charge in [0.25, 0.3) is 0 Å². The van der Waals surface area contributed by atoms with E-state index in [4.69, 9.17) is 10.5 Å². The molecule has 2 N–H and O–H groups in total. The first kappa shape index (κ1) is 28.9. The smallest absolute Gasteiger partial charge is 0.122 e. The van der Waals surface area contributed by atoms with Crippen LogP contribution in [0.15, 0.2) is 47.9 Å². The van der Waals surface area contributed by atoms with Crippen LogP contribution in [-0.4, -0.2) is 6.61 Å². The third-order valence-electron chi connectivity index (χ3n) is 4.57. The number of thioether (sulfide) groups is 1. The first-order chi connectivity index (χ1) is 14.8. The zero-order valence-corrected chi connectivity index (χ0v) is 22.0. The molecule has 0 fully saturated rings. The van der Waals surface area contributed by atoms with Crippen molar-refractivity contribution in [3.63, 3.8) is 0 Å². The van der Waals surface area contributed by atoms with Crippen molar-refractivity contribution in [1.82, 2.24) is 0 Å². The predicted octanol–water partition coefficient (Wildman–Crippen LogP) is 8.89. The molecular formula is C28H43NOS. The molecule has 3 heteroatoms. The average Bonchev–Trinajstić information content (AvgIpc) is 2.78. The van der Waals surface area contributed by atoms with Crippen LogP contribution in [0.2, 0.25) is 0 Å². The third-order valence-corrected chi connectivity index (χ3v) is 5.61. The second kappa shape index (κ2) is 15.6. The molecule has 2 nitrogen and oxygen atoms in total. The molecule has 0 unspecified atom stereocenters. The van der Waals surface area contributed by atoms with Crippen molar-refractivity contribution in [2.45, 2.75) is 75.2 Å². The van der Waals surface area contributed by atoms with Gasteiger partial charge >= 0.3 is 0 Å². The van der Waals surface area contributed by atoms with E-state index in [1.807, 2.05) is 27.7 Å². The molecule has 0 amide bonds. The Kier molecular flexibility index (Phi) is 14.6. The highest BCUT2D eigenvalue weighted by Crippen LogP contribution is 2.32. The zero-order valence-electron chi connectivity index (χ0n) is 21.2. The van der Waals surface area contributed by atoms with Crippen LogP contribution in [0.1, 0.15) is 75.8 Å². The normalized spacial score (nSPS) is 10.4. The van der Waals surface area contributed by atoms with Crippen molar-refractivity contribution in [2.75, 3.05) is 12.3 Å². The van der Waals surface area contributed by atoms with Crippen molar-refractivity contribution >= 4 is 22.4 Å². The van der Waals surface area contributed by atoms with E-state index in [0.717, 1.165) is 52.5 Å². The van der Waals surface area contributed by atoms with E-state index in [-0.39, 0.29) is 0 Å². The molecule has 31 heavy (non-hydrogen) atoms. The van der Waals surface area contributed by atoms with Crippen LogP contribution in [0.5, 0.6) is 5.75 Å². The quantitative estimate of drug-likeness (QED) is 0.415. The summed E-state index contributed by atoms with van der Waals surface area (Å²) in [5, 5.41) is 2.19. The summed E-state index contributed by atoms with van der Waals surface area (Å²) in [5.41, 5.74) is 14.1. The fourth-order valence-corrected chi connectivity index (χ4v) is 3.50. The summed E-state index contributed by atoms with van der Waals surface area (Å²) >= 11 is 1.67. The largest absolute Gasteiger partial charge is 0.493 e. The number of hydrogen-bond donors (Lipinski definition) is 1. The van der Waals surface area contributed by atoms with E-state index >= 15 is 0 Å². The SMILES string of the molecule is C=C(S/C=C(\C)Cc1cc(C)c(N)cc1C)c1ccc(C)c(OCCC)c1.CC.CC. The topological polar surface area (TPSA) is 35.2 Å². The molecule has 0 atom stereocenters. The Morgan fingerprint density at radius 1 is 1.00 bits per heavy atom. The maximum Gasteiger partial charge on any atom is 0.122 e. The minimum atomic E-state index is 0.739. The van der Waals surface area contributed by atoms with Gasteiger partial charge in [-0.15, -0.1) is 0 Å². The highest BCUT2D eigenvalue weighted by atomic mass is 32.2. The van der Waals surface area contributed by atoms with Crippen LogP contribution >= 0.6 is 11.8 Å². The summed E-state index contributed by atoms with van der Waals surface area (Å²) in [5.74, 6) is 0.949. The Balaban J connectivity index is 0.00000212. The van der Waals surface area contributed by atoms with E-state index in [1.54, 1.807) is 11.8 Å². The predicted molar refractivity (Wildman–Crippen MR) is 144 cm³/mol. The monoisotopic (exact) mass is 441 g/mol. The Morgan fingerprint density at radius 3 is 2.26 bits per heavy atom. The molecule has 0 aliphatic carbocycles. The lowest BCUT2D eigenvalue weighted by Crippen LogP contribution is -1.97. The molecule has 172 valence electrons. The summed E-state index contributed by atoms with van der Waals surface area (Å²) in [6.45, 7) is 23.5. The van der Waals surface area contributed by atoms with Gasteiger partial charge in [0.1, 0.15) is 5.75 Å². The van der Waals surface area contributed by atoms with Crippen molar-refractivity contribution in [2.24, 2.45) is 0 Å². The maximum atomic E-state index is 6.00. The number of nitrogens with two attached hydrogens (primary N) is 1. The Morgan fingerprint density at radius 2 is 1.65 bits per heavy atom. The van der Waals surface area contributed by atoms with Gasteiger partial charge in [0.2, 0.25) is 0 Å². The summed E-state index contributed by atoms with van der Waals surface area (Å²) in [6.07, 6.45) is 1.93. The second-order valence-corrected chi connectivity index (χ2v) is 8.11. The van der Waals surface area contributed by atoms with E-state index in [0.29, 0.717) is 0 Å². The van der Waals surface area contributed by atoms with E-state index < -0.39 is 0 Å². The van der Waals surface area contributed by atoms with Crippen LogP contribution in [0.25, 0.3) is 4.91 Å². The molecular weight excluding hydrogens is 398 g/mol. The van der Waals surface area contributed by atoms with Gasteiger partial charge in [-0.05, 0) is 85.9 Å². The summed E-state index contributed by atoms with van der Waals surface area (Å²) in [7, 11) is 0. The van der Waals surface area contributed by atoms with Crippen LogP contribution in [-0.2, 0) is 6.42 Å². The highest BCUT2D eigenvalue weighted by Gasteiger charge is 2.06. The lowest BCUT2D eigenvalue weighted by Gasteiger charge is -2.12. The van der Waals surface area contributed by atoms with Crippen LogP contribution in [0.4, 0.5) is 5.69 Å². The molecule has 2 aromatic carbocycles. The van der Waals surface area contributed by atoms with Crippen LogP contribution in [0, 0.1) is 20.8 Å². The maximum absolute atomic E-state index is 6.00. The molecule has 0 aliphatic heterocycles. The number of rotatable bonds is 8. The summed E-state index contributed by atoms with van der Waals surface area (Å²) in [4.78, 5) is 1.03. The summed E-state index contributed by atoms with van der Waals surface area (Å²) < 4.78 is 5.84. The number of allylic oxidation sites excluding steroid dienone is 1. The number of aryl methyl sites for hydroxylation is 3. The molecule has 0 aliphatic rings. The number of anilines is 1. The minimum absolute atomic E-state index is 0.739. The molecule has 0 bridgehead atoms. The van der Waals surface area contributed by atoms with Gasteiger partial charge in [0.15, 0.2) is 0 Å². The molecule has 0 saturated carbocycles. The van der Waals surface area contributed by atoms with Crippen molar-refractivity contribution in [3.05, 3.63) is 75.7 Å². The van der Waals surface area contributed by atoms with Gasteiger partial charge in [-0.25, -0.2) is 0 Å². The number of nitrogen functional groups attached to an aromatic ring is 1. The lowest BCUT2D eigenvalue weighted by atomic mass is 9.99. The Hall–Kier alpha value is -2.13. The van der Waals surface area contributed by atoms with Gasteiger partial charge in [0, 0.05) is 10.6 Å². The van der Waals surface area contributed by atoms with Gasteiger partial charge in [-0.2, -0.15) is 0 Å². The molecule has 2 rings (SSSR count). The fourth-order valence-electron chi connectivity index (χ4n) is 2.81. The summed E-state index contributed by atoms with van der Waals surface area (Å²) in [6, 6.07) is 10.6. The average molecular weight is 442 g/mol. The van der Waals surface area contributed by atoms with E-state index in [2.05, 4.69) is 76.9 Å². The second-order valence-electron chi connectivity index (χ2n) is 7.15. The minimum Gasteiger partial charge on any atom is -0.493 e. The molecule has 0 saturated heterocycles. The van der Waals surface area contributed by atoms with Crippen molar-refractivity contribution in [1.29, 1.82) is 0 Å². The Labute approximate surface area is 196 Å². The first-order valence-corrected chi connectivity index (χ1v) is 12.3. The lowest BCUT2D eigenvalue weighted by molar-refractivity contribution is 0.315. The van der Waals surface area contributed by atoms with Gasteiger partial charge in [0.05, 0.1) is 6.61 Å². The van der Waals surface area contributed by atoms with Crippen molar-refractivity contribution in [3.8, 4) is 5.75 Å². The van der Waals surface area contributed by atoms with Crippen LogP contribution in [0.3, 0.4) is 0 Å². The molecule has 0 aromatic heterocycles. The highest BCUT2D eigenvalue weighted by molar-refractivity contribution is 8.10. The first-order valence-electron chi connectivity index (χ1n) is 11.4. The number of benzene rings is 2. The van der Waals surface area contributed by atoms with Crippen molar-refractivity contribution < 1.29 is 4.74 Å². The molecule has 2 aromatic rings. The Bertz CT molecular complexity index is 852. The number of hydrogen-bond acceptors (Lipinski definition) is 3. The van der Waals surface area contributed by atoms with E-state index in [9.17, 15) is 0 Å². The van der Waals surface area contributed by atoms with Crippen LogP contribution < -0.4 is 10.5 Å². The third kappa shape index (κ3) is 9.69. The standard InChI is InChI=1S/C24H31NOS.2C2H6/c1-7-10-26-24-14-21(9-8-17(24)3)20(6)27-15-16(2)11-22-12-19(5)23(25)13-18(22)4;2*1-2/h8-9,12-15H,6-7,10-11,25H2,1-5H3;2*1-2H3/b16-15+;;. The molecule has 0 heterocycles. The molecule has 0 radical (unpaired) electrons. The fraction of sp³-hybridized carbons (Fsp3) is 0.429.